The van der Waals surface area contributed by atoms with Gasteiger partial charge in [0.05, 0.1) is 12.2 Å². The minimum Gasteiger partial charge on any atom is -0.357 e. The Morgan fingerprint density at radius 3 is 2.42 bits per heavy atom. The molecule has 0 bridgehead atoms. The fourth-order valence-corrected chi connectivity index (χ4v) is 2.63. The van der Waals surface area contributed by atoms with E-state index < -0.39 is 0 Å². The monoisotopic (exact) mass is 364 g/mol. The maximum Gasteiger partial charge on any atom is 0.225 e. The third kappa shape index (κ3) is 6.69. The van der Waals surface area contributed by atoms with Crippen LogP contribution in [-0.2, 0) is 18.3 Å². The van der Waals surface area contributed by atoms with Gasteiger partial charge in [0.2, 0.25) is 5.91 Å². The number of aryl methyl sites for hydroxylation is 2. The maximum absolute atomic E-state index is 11.9. The zero-order valence-corrected chi connectivity index (χ0v) is 17.7. The van der Waals surface area contributed by atoms with Crippen LogP contribution in [0, 0.1) is 19.3 Å². The van der Waals surface area contributed by atoms with Crippen LogP contribution in [0.4, 0.5) is 0 Å². The molecule has 0 aliphatic carbocycles. The van der Waals surface area contributed by atoms with E-state index in [4.69, 9.17) is 0 Å². The molecule has 0 spiro atoms. The third-order valence-corrected chi connectivity index (χ3v) is 4.24. The SMILES string of the molecule is CCNC(=NCCNC(=O)C(C)(C)C)NC(C)Cc1c(C)nn(C)c1C. The number of nitrogens with zero attached hydrogens (tertiary/aromatic N) is 3. The predicted octanol–water partition coefficient (Wildman–Crippen LogP) is 1.69. The molecule has 0 saturated heterocycles. The second-order valence-corrected chi connectivity index (χ2v) is 7.79. The number of nitrogens with one attached hydrogen (secondary N) is 3. The first-order valence-electron chi connectivity index (χ1n) is 9.38. The van der Waals surface area contributed by atoms with E-state index in [0.717, 1.165) is 24.6 Å². The van der Waals surface area contributed by atoms with Gasteiger partial charge in [-0.15, -0.1) is 0 Å². The van der Waals surface area contributed by atoms with E-state index in [1.807, 2.05) is 46.3 Å². The molecule has 0 radical (unpaired) electrons. The number of aliphatic imine (C=N–C) groups is 1. The Morgan fingerprint density at radius 1 is 1.27 bits per heavy atom. The van der Waals surface area contributed by atoms with Crippen LogP contribution in [0.2, 0.25) is 0 Å². The van der Waals surface area contributed by atoms with Gasteiger partial charge in [-0.1, -0.05) is 20.8 Å². The summed E-state index contributed by atoms with van der Waals surface area (Å²) < 4.78 is 1.93. The Balaban J connectivity index is 2.59. The second-order valence-electron chi connectivity index (χ2n) is 7.79. The van der Waals surface area contributed by atoms with E-state index >= 15 is 0 Å². The zero-order chi connectivity index (χ0) is 19.9. The van der Waals surface area contributed by atoms with E-state index in [2.05, 4.69) is 39.9 Å². The summed E-state index contributed by atoms with van der Waals surface area (Å²) in [6, 6.07) is 0.221. The highest BCUT2D eigenvalue weighted by molar-refractivity contribution is 5.81. The minimum absolute atomic E-state index is 0.0431. The quantitative estimate of drug-likeness (QED) is 0.391. The molecule has 1 unspecified atom stereocenters. The maximum atomic E-state index is 11.9. The van der Waals surface area contributed by atoms with Crippen molar-refractivity contribution >= 4 is 11.9 Å². The van der Waals surface area contributed by atoms with E-state index in [0.29, 0.717) is 13.1 Å². The fraction of sp³-hybridized carbons (Fsp3) is 0.737. The standard InChI is InChI=1S/C19H36N6O/c1-9-20-18(22-11-10-21-17(26)19(5,6)7)23-13(2)12-16-14(3)24-25(8)15(16)4/h13H,9-12H2,1-8H3,(H,21,26)(H2,20,22,23). The molecular weight excluding hydrogens is 328 g/mol. The van der Waals surface area contributed by atoms with Crippen molar-refractivity contribution in [2.45, 2.75) is 60.9 Å². The number of carbonyl (C=O) groups excluding carboxylic acids is 1. The first kappa shape index (κ1) is 22.0. The summed E-state index contributed by atoms with van der Waals surface area (Å²) in [4.78, 5) is 16.4. The number of hydrogen-bond donors (Lipinski definition) is 3. The Labute approximate surface area is 158 Å². The van der Waals surface area contributed by atoms with Crippen molar-refractivity contribution in [3.8, 4) is 0 Å². The van der Waals surface area contributed by atoms with Crippen molar-refractivity contribution in [1.29, 1.82) is 0 Å². The molecular formula is C19H36N6O. The Hall–Kier alpha value is -2.05. The van der Waals surface area contributed by atoms with Crippen molar-refractivity contribution < 1.29 is 4.79 Å². The molecule has 7 heteroatoms. The van der Waals surface area contributed by atoms with E-state index in [9.17, 15) is 4.79 Å². The number of guanidine groups is 1. The largest absolute Gasteiger partial charge is 0.357 e. The fourth-order valence-electron chi connectivity index (χ4n) is 2.63. The Bertz CT molecular complexity index is 627. The van der Waals surface area contributed by atoms with Gasteiger partial charge in [-0.25, -0.2) is 0 Å². The smallest absolute Gasteiger partial charge is 0.225 e. The van der Waals surface area contributed by atoms with Gasteiger partial charge in [0.15, 0.2) is 5.96 Å². The molecule has 0 aliphatic heterocycles. The van der Waals surface area contributed by atoms with E-state index in [1.54, 1.807) is 0 Å². The van der Waals surface area contributed by atoms with Gasteiger partial charge in [-0.3, -0.25) is 14.5 Å². The molecule has 148 valence electrons. The summed E-state index contributed by atoms with van der Waals surface area (Å²) in [5, 5.41) is 14.1. The molecule has 0 aromatic carbocycles. The van der Waals surface area contributed by atoms with Gasteiger partial charge in [0, 0.05) is 37.3 Å². The van der Waals surface area contributed by atoms with Gasteiger partial charge in [0.25, 0.3) is 0 Å². The second kappa shape index (κ2) is 9.59. The average molecular weight is 365 g/mol. The zero-order valence-electron chi connectivity index (χ0n) is 17.7. The summed E-state index contributed by atoms with van der Waals surface area (Å²) in [5.41, 5.74) is 3.18. The molecule has 7 nitrogen and oxygen atoms in total. The summed E-state index contributed by atoms with van der Waals surface area (Å²) in [6.07, 6.45) is 0.886. The van der Waals surface area contributed by atoms with Crippen molar-refractivity contribution in [3.63, 3.8) is 0 Å². The molecule has 1 aromatic rings. The van der Waals surface area contributed by atoms with Crippen molar-refractivity contribution in [3.05, 3.63) is 17.0 Å². The molecule has 3 N–H and O–H groups in total. The molecule has 1 rings (SSSR count). The van der Waals surface area contributed by atoms with E-state index in [-0.39, 0.29) is 17.4 Å². The highest BCUT2D eigenvalue weighted by Gasteiger charge is 2.20. The van der Waals surface area contributed by atoms with Crippen molar-refractivity contribution in [2.75, 3.05) is 19.6 Å². The first-order valence-corrected chi connectivity index (χ1v) is 9.38. The number of rotatable bonds is 7. The highest BCUT2D eigenvalue weighted by atomic mass is 16.2. The predicted molar refractivity (Wildman–Crippen MR) is 107 cm³/mol. The minimum atomic E-state index is -0.375. The van der Waals surface area contributed by atoms with Gasteiger partial charge in [0.1, 0.15) is 0 Å². The van der Waals surface area contributed by atoms with E-state index in [1.165, 1.54) is 11.3 Å². The molecule has 0 aliphatic rings. The Kier molecular flexibility index (Phi) is 8.11. The summed E-state index contributed by atoms with van der Waals surface area (Å²) in [5.74, 6) is 0.811. The molecule has 26 heavy (non-hydrogen) atoms. The molecule has 1 aromatic heterocycles. The van der Waals surface area contributed by atoms with Crippen LogP contribution in [0.15, 0.2) is 4.99 Å². The lowest BCUT2D eigenvalue weighted by Gasteiger charge is -2.19. The molecule has 0 fully saturated rings. The third-order valence-electron chi connectivity index (χ3n) is 4.24. The van der Waals surface area contributed by atoms with Gasteiger partial charge in [-0.05, 0) is 39.7 Å². The normalized spacial score (nSPS) is 13.5. The summed E-state index contributed by atoms with van der Waals surface area (Å²) in [7, 11) is 1.97. The first-order chi connectivity index (χ1) is 12.1. The number of carbonyl (C=O) groups is 1. The van der Waals surface area contributed by atoms with Crippen LogP contribution < -0.4 is 16.0 Å². The Morgan fingerprint density at radius 2 is 1.92 bits per heavy atom. The number of aromatic nitrogens is 2. The van der Waals surface area contributed by atoms with Crippen LogP contribution >= 0.6 is 0 Å². The lowest BCUT2D eigenvalue weighted by Crippen LogP contribution is -2.43. The molecule has 1 atom stereocenters. The highest BCUT2D eigenvalue weighted by Crippen LogP contribution is 2.14. The molecule has 1 heterocycles. The number of amides is 1. The lowest BCUT2D eigenvalue weighted by molar-refractivity contribution is -0.128. The van der Waals surface area contributed by atoms with Crippen LogP contribution in [-0.4, -0.2) is 47.3 Å². The summed E-state index contributed by atoms with van der Waals surface area (Å²) in [6.45, 7) is 15.9. The lowest BCUT2D eigenvalue weighted by atomic mass is 9.96. The van der Waals surface area contributed by atoms with Crippen molar-refractivity contribution in [2.24, 2.45) is 17.5 Å². The van der Waals surface area contributed by atoms with Crippen LogP contribution in [0.1, 0.15) is 51.6 Å². The topological polar surface area (TPSA) is 83.3 Å². The van der Waals surface area contributed by atoms with Gasteiger partial charge >= 0.3 is 0 Å². The van der Waals surface area contributed by atoms with Crippen LogP contribution in [0.3, 0.4) is 0 Å². The molecule has 1 amide bonds. The van der Waals surface area contributed by atoms with Crippen LogP contribution in [0.5, 0.6) is 0 Å². The van der Waals surface area contributed by atoms with Gasteiger partial charge < -0.3 is 16.0 Å². The van der Waals surface area contributed by atoms with Crippen LogP contribution in [0.25, 0.3) is 0 Å². The number of hydrogen-bond acceptors (Lipinski definition) is 3. The summed E-state index contributed by atoms with van der Waals surface area (Å²) >= 11 is 0. The van der Waals surface area contributed by atoms with Gasteiger partial charge in [-0.2, -0.15) is 5.10 Å². The van der Waals surface area contributed by atoms with Crippen molar-refractivity contribution in [1.82, 2.24) is 25.7 Å². The molecule has 0 saturated carbocycles. The average Bonchev–Trinajstić information content (AvgIpc) is 2.76.